The van der Waals surface area contributed by atoms with Crippen LogP contribution in [0.3, 0.4) is 0 Å². The lowest BCUT2D eigenvalue weighted by Gasteiger charge is -2.61. The largest absolute Gasteiger partial charge is 0.367 e. The summed E-state index contributed by atoms with van der Waals surface area (Å²) in [4.78, 5) is 0. The van der Waals surface area contributed by atoms with Gasteiger partial charge in [-0.05, 0) is 47.9 Å². The molecular formula is C42H44O6. The lowest BCUT2D eigenvalue weighted by molar-refractivity contribution is -0.505. The minimum Gasteiger partial charge on any atom is -0.367 e. The van der Waals surface area contributed by atoms with Crippen LogP contribution in [0.15, 0.2) is 133 Å². The number of hydrogen-bond donors (Lipinski definition) is 0. The van der Waals surface area contributed by atoms with E-state index in [9.17, 15) is 0 Å². The van der Waals surface area contributed by atoms with Crippen LogP contribution < -0.4 is 0 Å². The Hall–Kier alpha value is -3.62. The molecule has 6 nitrogen and oxygen atoms in total. The molecule has 0 saturated carbocycles. The molecule has 4 aromatic carbocycles. The van der Waals surface area contributed by atoms with Crippen molar-refractivity contribution in [3.8, 4) is 0 Å². The number of benzene rings is 4. The van der Waals surface area contributed by atoms with Crippen molar-refractivity contribution in [1.82, 2.24) is 0 Å². The van der Waals surface area contributed by atoms with E-state index < -0.39 is 23.8 Å². The fourth-order valence-corrected chi connectivity index (χ4v) is 7.81. The van der Waals surface area contributed by atoms with Crippen LogP contribution in [0.5, 0.6) is 0 Å². The van der Waals surface area contributed by atoms with Crippen LogP contribution in [0.4, 0.5) is 0 Å². The zero-order valence-corrected chi connectivity index (χ0v) is 27.3. The molecule has 3 heterocycles. The fourth-order valence-electron chi connectivity index (χ4n) is 7.81. The van der Waals surface area contributed by atoms with Gasteiger partial charge < -0.3 is 28.4 Å². The van der Waals surface area contributed by atoms with E-state index in [0.29, 0.717) is 26.1 Å². The molecule has 0 N–H and O–H groups in total. The standard InChI is InChI=1S/C42H44O6/c1-5-15-31(16-6-1)29-43-37-25-26-38(44-30-32-17-7-2-8-18-32)40-39(37)47-41(27-13-23-35(45-41)33-19-9-3-10-20-33)42(48-40)28-14-24-36(46-42)34-21-11-4-12-22-34/h1-12,15-22,25-26,35-40H,13-14,23-24,27-30H2/t35-,36-,37-,38-,39+,40+,41-,42-/m0/s1. The zero-order valence-electron chi connectivity index (χ0n) is 27.3. The summed E-state index contributed by atoms with van der Waals surface area (Å²) in [7, 11) is 0. The van der Waals surface area contributed by atoms with Crippen LogP contribution in [0.25, 0.3) is 0 Å². The Kier molecular flexibility index (Phi) is 9.28. The van der Waals surface area contributed by atoms with Crippen LogP contribution >= 0.6 is 0 Å². The maximum Gasteiger partial charge on any atom is 0.224 e. The van der Waals surface area contributed by atoms with E-state index in [4.69, 9.17) is 28.4 Å². The lowest BCUT2D eigenvalue weighted by atomic mass is 9.82. The smallest absolute Gasteiger partial charge is 0.224 e. The van der Waals surface area contributed by atoms with Gasteiger partial charge in [-0.2, -0.15) is 0 Å². The van der Waals surface area contributed by atoms with Crippen molar-refractivity contribution in [2.45, 2.75) is 99.9 Å². The highest BCUT2D eigenvalue weighted by Crippen LogP contribution is 2.56. The van der Waals surface area contributed by atoms with Gasteiger partial charge in [0.25, 0.3) is 0 Å². The van der Waals surface area contributed by atoms with Gasteiger partial charge in [0.2, 0.25) is 11.6 Å². The second-order valence-electron chi connectivity index (χ2n) is 13.4. The summed E-state index contributed by atoms with van der Waals surface area (Å²) in [5, 5.41) is 0. The van der Waals surface area contributed by atoms with Gasteiger partial charge in [-0.15, -0.1) is 0 Å². The van der Waals surface area contributed by atoms with Crippen LogP contribution in [0.2, 0.25) is 0 Å². The molecule has 0 bridgehead atoms. The molecule has 3 fully saturated rings. The maximum absolute atomic E-state index is 7.40. The third-order valence-corrected chi connectivity index (χ3v) is 10.2. The highest BCUT2D eigenvalue weighted by Gasteiger charge is 2.67. The molecule has 0 radical (unpaired) electrons. The topological polar surface area (TPSA) is 55.4 Å². The summed E-state index contributed by atoms with van der Waals surface area (Å²) in [6.45, 7) is 0.909. The molecule has 0 unspecified atom stereocenters. The Labute approximate surface area is 283 Å². The Bertz CT molecular complexity index is 1510. The molecule has 1 aliphatic carbocycles. The predicted molar refractivity (Wildman–Crippen MR) is 183 cm³/mol. The van der Waals surface area contributed by atoms with E-state index >= 15 is 0 Å². The number of ether oxygens (including phenoxy) is 6. The predicted octanol–water partition coefficient (Wildman–Crippen LogP) is 8.79. The molecule has 8 atom stereocenters. The van der Waals surface area contributed by atoms with Crippen molar-refractivity contribution in [3.05, 3.63) is 156 Å². The summed E-state index contributed by atoms with van der Waals surface area (Å²) in [5.41, 5.74) is 4.48. The third kappa shape index (κ3) is 6.41. The summed E-state index contributed by atoms with van der Waals surface area (Å²) >= 11 is 0. The molecule has 4 aromatic rings. The quantitative estimate of drug-likeness (QED) is 0.179. The van der Waals surface area contributed by atoms with Crippen LogP contribution in [0, 0.1) is 0 Å². The van der Waals surface area contributed by atoms with E-state index in [2.05, 4.69) is 84.9 Å². The third-order valence-electron chi connectivity index (χ3n) is 10.2. The lowest BCUT2D eigenvalue weighted by Crippen LogP contribution is -2.73. The van der Waals surface area contributed by atoms with E-state index in [1.54, 1.807) is 0 Å². The highest BCUT2D eigenvalue weighted by molar-refractivity contribution is 5.23. The van der Waals surface area contributed by atoms with E-state index in [1.807, 2.05) is 48.5 Å². The first kappa shape index (κ1) is 31.6. The van der Waals surface area contributed by atoms with Crippen molar-refractivity contribution in [2.24, 2.45) is 0 Å². The average Bonchev–Trinajstić information content (AvgIpc) is 3.16. The molecular weight excluding hydrogens is 600 g/mol. The molecule has 48 heavy (non-hydrogen) atoms. The molecule has 248 valence electrons. The minimum atomic E-state index is -1.14. The first-order valence-corrected chi connectivity index (χ1v) is 17.5. The van der Waals surface area contributed by atoms with Crippen LogP contribution in [0.1, 0.15) is 73.0 Å². The molecule has 2 spiro atoms. The first-order valence-electron chi connectivity index (χ1n) is 17.5. The van der Waals surface area contributed by atoms with Crippen molar-refractivity contribution in [2.75, 3.05) is 0 Å². The van der Waals surface area contributed by atoms with E-state index in [1.165, 1.54) is 0 Å². The van der Waals surface area contributed by atoms with Gasteiger partial charge in [-0.3, -0.25) is 0 Å². The maximum atomic E-state index is 7.40. The minimum absolute atomic E-state index is 0.148. The van der Waals surface area contributed by atoms with Gasteiger partial charge >= 0.3 is 0 Å². The van der Waals surface area contributed by atoms with Gasteiger partial charge in [-0.25, -0.2) is 0 Å². The SMILES string of the molecule is C1=C[C@H](OCc2ccccc2)[C@H]2O[C@@]3(CCC[C@@H](c4ccccc4)O3)[C@]3(CCC[C@@H](c4ccccc4)O3)O[C@@H]2[C@H]1OCc1ccccc1. The summed E-state index contributed by atoms with van der Waals surface area (Å²) in [6, 6.07) is 41.4. The number of fused-ring (bicyclic) bond motifs is 2. The van der Waals surface area contributed by atoms with Crippen molar-refractivity contribution in [3.63, 3.8) is 0 Å². The van der Waals surface area contributed by atoms with Gasteiger partial charge in [0, 0.05) is 12.8 Å². The van der Waals surface area contributed by atoms with Crippen molar-refractivity contribution < 1.29 is 28.4 Å². The molecule has 0 amide bonds. The summed E-state index contributed by atoms with van der Waals surface area (Å²) in [5.74, 6) is -2.27. The fraction of sp³-hybridized carbons (Fsp3) is 0.381. The number of hydrogen-bond acceptors (Lipinski definition) is 6. The summed E-state index contributed by atoms with van der Waals surface area (Å²) < 4.78 is 42.5. The van der Waals surface area contributed by atoms with Crippen molar-refractivity contribution in [1.29, 1.82) is 0 Å². The Morgan fingerprint density at radius 3 is 1.25 bits per heavy atom. The molecule has 6 heteroatoms. The Morgan fingerprint density at radius 1 is 0.479 bits per heavy atom. The molecule has 8 rings (SSSR count). The number of rotatable bonds is 8. The zero-order chi connectivity index (χ0) is 32.2. The van der Waals surface area contributed by atoms with Crippen LogP contribution in [-0.4, -0.2) is 36.0 Å². The van der Waals surface area contributed by atoms with Gasteiger partial charge in [0.1, 0.15) is 24.4 Å². The van der Waals surface area contributed by atoms with Gasteiger partial charge in [0.05, 0.1) is 25.4 Å². The second-order valence-corrected chi connectivity index (χ2v) is 13.4. The summed E-state index contributed by atoms with van der Waals surface area (Å²) in [6.07, 6.45) is 7.15. The molecule has 0 aromatic heterocycles. The monoisotopic (exact) mass is 644 g/mol. The molecule has 3 saturated heterocycles. The Balaban J connectivity index is 1.16. The van der Waals surface area contributed by atoms with E-state index in [0.717, 1.165) is 47.9 Å². The molecule has 3 aliphatic heterocycles. The Morgan fingerprint density at radius 2 is 0.854 bits per heavy atom. The van der Waals surface area contributed by atoms with Crippen molar-refractivity contribution >= 4 is 0 Å². The van der Waals surface area contributed by atoms with E-state index in [-0.39, 0.29) is 24.4 Å². The first-order chi connectivity index (χ1) is 23.7. The highest BCUT2D eigenvalue weighted by atomic mass is 16.8. The van der Waals surface area contributed by atoms with Gasteiger partial charge in [0.15, 0.2) is 0 Å². The second kappa shape index (κ2) is 14.1. The average molecular weight is 645 g/mol. The normalized spacial score (nSPS) is 33.0. The van der Waals surface area contributed by atoms with Crippen LogP contribution in [-0.2, 0) is 41.6 Å². The molecule has 4 aliphatic rings. The van der Waals surface area contributed by atoms with Gasteiger partial charge in [-0.1, -0.05) is 133 Å².